The summed E-state index contributed by atoms with van der Waals surface area (Å²) in [5.74, 6) is 0.355. The summed E-state index contributed by atoms with van der Waals surface area (Å²) in [7, 11) is 0. The third kappa shape index (κ3) is 5.02. The van der Waals surface area contributed by atoms with Crippen LogP contribution in [0.2, 0.25) is 0 Å². The lowest BCUT2D eigenvalue weighted by Crippen LogP contribution is -2.55. The number of azide groups is 1. The third-order valence-electron chi connectivity index (χ3n) is 4.03. The van der Waals surface area contributed by atoms with Crippen LogP contribution in [0.3, 0.4) is 0 Å². The molecule has 2 N–H and O–H groups in total. The van der Waals surface area contributed by atoms with Gasteiger partial charge in [0, 0.05) is 11.5 Å². The van der Waals surface area contributed by atoms with Gasteiger partial charge in [-0.15, -0.1) is 0 Å². The number of carboxylic acid groups (broad SMARTS) is 1. The highest BCUT2D eigenvalue weighted by Gasteiger charge is 2.42. The SMILES string of the molecule is CC(C)CC1CCCC(NCCCN=[N+]=[N-])(C(=O)O)C1. The summed E-state index contributed by atoms with van der Waals surface area (Å²) in [5, 5.41) is 16.3. The van der Waals surface area contributed by atoms with E-state index in [1.165, 1.54) is 0 Å². The topological polar surface area (TPSA) is 98.1 Å². The molecule has 0 saturated heterocycles. The van der Waals surface area contributed by atoms with E-state index in [4.69, 9.17) is 5.53 Å². The molecular weight excluding hydrogens is 256 g/mol. The van der Waals surface area contributed by atoms with Crippen LogP contribution in [0.15, 0.2) is 5.11 Å². The van der Waals surface area contributed by atoms with Crippen LogP contribution in [-0.4, -0.2) is 29.7 Å². The van der Waals surface area contributed by atoms with Crippen molar-refractivity contribution >= 4 is 5.97 Å². The molecule has 0 amide bonds. The molecule has 1 fully saturated rings. The van der Waals surface area contributed by atoms with E-state index in [0.717, 1.165) is 19.3 Å². The minimum atomic E-state index is -0.784. The van der Waals surface area contributed by atoms with Crippen molar-refractivity contribution in [3.63, 3.8) is 0 Å². The number of nitrogens with one attached hydrogen (secondary N) is 1. The van der Waals surface area contributed by atoms with Crippen molar-refractivity contribution in [1.82, 2.24) is 5.32 Å². The number of rotatable bonds is 8. The van der Waals surface area contributed by atoms with E-state index in [-0.39, 0.29) is 0 Å². The molecule has 0 bridgehead atoms. The number of hydrogen-bond donors (Lipinski definition) is 2. The molecule has 6 nitrogen and oxygen atoms in total. The number of carboxylic acids is 1. The molecule has 0 spiro atoms. The molecule has 1 aliphatic carbocycles. The summed E-state index contributed by atoms with van der Waals surface area (Å²) >= 11 is 0. The fraction of sp³-hybridized carbons (Fsp3) is 0.929. The zero-order valence-electron chi connectivity index (χ0n) is 12.5. The third-order valence-corrected chi connectivity index (χ3v) is 4.03. The Labute approximate surface area is 120 Å². The van der Waals surface area contributed by atoms with Gasteiger partial charge in [-0.05, 0) is 49.6 Å². The molecule has 2 atom stereocenters. The number of hydrogen-bond acceptors (Lipinski definition) is 3. The van der Waals surface area contributed by atoms with Gasteiger partial charge in [-0.3, -0.25) is 4.79 Å². The first-order valence-corrected chi connectivity index (χ1v) is 7.49. The molecule has 0 aromatic carbocycles. The van der Waals surface area contributed by atoms with Gasteiger partial charge < -0.3 is 10.4 Å². The maximum Gasteiger partial charge on any atom is 0.323 e. The van der Waals surface area contributed by atoms with Crippen molar-refractivity contribution in [3.05, 3.63) is 10.4 Å². The van der Waals surface area contributed by atoms with Gasteiger partial charge in [-0.1, -0.05) is 31.8 Å². The maximum atomic E-state index is 11.7. The fourth-order valence-corrected chi connectivity index (χ4v) is 3.21. The quantitative estimate of drug-likeness (QED) is 0.309. The molecule has 20 heavy (non-hydrogen) atoms. The van der Waals surface area contributed by atoms with Gasteiger partial charge in [-0.2, -0.15) is 0 Å². The molecule has 1 aliphatic rings. The maximum absolute atomic E-state index is 11.7. The molecule has 1 rings (SSSR count). The molecule has 6 heteroatoms. The van der Waals surface area contributed by atoms with Crippen molar-refractivity contribution in [3.8, 4) is 0 Å². The average Bonchev–Trinajstić information content (AvgIpc) is 2.38. The zero-order chi connectivity index (χ0) is 15.0. The van der Waals surface area contributed by atoms with Crippen molar-refractivity contribution < 1.29 is 9.90 Å². The molecule has 0 aromatic rings. The highest BCUT2D eigenvalue weighted by Crippen LogP contribution is 2.36. The van der Waals surface area contributed by atoms with Gasteiger partial charge in [0.25, 0.3) is 0 Å². The largest absolute Gasteiger partial charge is 0.480 e. The second kappa shape index (κ2) is 8.12. The normalized spacial score (nSPS) is 26.2. The predicted octanol–water partition coefficient (Wildman–Crippen LogP) is 3.34. The summed E-state index contributed by atoms with van der Waals surface area (Å²) in [6.07, 6.45) is 5.27. The average molecular weight is 282 g/mol. The van der Waals surface area contributed by atoms with Crippen LogP contribution in [-0.2, 0) is 4.79 Å². The number of nitrogens with zero attached hydrogens (tertiary/aromatic N) is 3. The molecule has 0 aliphatic heterocycles. The highest BCUT2D eigenvalue weighted by atomic mass is 16.4. The molecule has 0 radical (unpaired) electrons. The van der Waals surface area contributed by atoms with Crippen LogP contribution in [0.25, 0.3) is 10.4 Å². The van der Waals surface area contributed by atoms with Gasteiger partial charge in [-0.25, -0.2) is 0 Å². The Morgan fingerprint density at radius 1 is 1.60 bits per heavy atom. The van der Waals surface area contributed by atoms with E-state index in [1.54, 1.807) is 0 Å². The summed E-state index contributed by atoms with van der Waals surface area (Å²) in [5.41, 5.74) is 7.43. The second-order valence-corrected chi connectivity index (χ2v) is 6.21. The van der Waals surface area contributed by atoms with Crippen molar-refractivity contribution in [2.75, 3.05) is 13.1 Å². The summed E-state index contributed by atoms with van der Waals surface area (Å²) in [4.78, 5) is 14.4. The summed E-state index contributed by atoms with van der Waals surface area (Å²) in [6, 6.07) is 0. The number of carbonyl (C=O) groups is 1. The first-order chi connectivity index (χ1) is 9.50. The Balaban J connectivity index is 2.56. The van der Waals surface area contributed by atoms with Gasteiger partial charge >= 0.3 is 5.97 Å². The van der Waals surface area contributed by atoms with Gasteiger partial charge in [0.2, 0.25) is 0 Å². The standard InChI is InChI=1S/C14H26N4O2/c1-11(2)9-12-5-3-6-14(10-12,13(19)20)16-7-4-8-17-18-15/h11-12,16H,3-10H2,1-2H3,(H,19,20). The molecule has 114 valence electrons. The second-order valence-electron chi connectivity index (χ2n) is 6.21. The Bertz CT molecular complexity index is 366. The molecule has 1 saturated carbocycles. The summed E-state index contributed by atoms with van der Waals surface area (Å²) < 4.78 is 0. The minimum Gasteiger partial charge on any atom is -0.480 e. The van der Waals surface area contributed by atoms with E-state index in [1.807, 2.05) is 0 Å². The smallest absolute Gasteiger partial charge is 0.323 e. The Kier molecular flexibility index (Phi) is 6.82. The predicted molar refractivity (Wildman–Crippen MR) is 78.4 cm³/mol. The molecule has 0 heterocycles. The highest BCUT2D eigenvalue weighted by molar-refractivity contribution is 5.79. The monoisotopic (exact) mass is 282 g/mol. The van der Waals surface area contributed by atoms with E-state index in [2.05, 4.69) is 29.2 Å². The van der Waals surface area contributed by atoms with Gasteiger partial charge in [0.1, 0.15) is 5.54 Å². The molecule has 2 unspecified atom stereocenters. The van der Waals surface area contributed by atoms with Crippen molar-refractivity contribution in [2.24, 2.45) is 17.0 Å². The van der Waals surface area contributed by atoms with E-state index >= 15 is 0 Å². The Hall–Kier alpha value is -1.26. The van der Waals surface area contributed by atoms with Crippen LogP contribution in [0, 0.1) is 11.8 Å². The Morgan fingerprint density at radius 3 is 2.95 bits per heavy atom. The van der Waals surface area contributed by atoms with E-state index in [0.29, 0.717) is 44.2 Å². The van der Waals surface area contributed by atoms with Crippen LogP contribution in [0.1, 0.15) is 52.4 Å². The van der Waals surface area contributed by atoms with Crippen molar-refractivity contribution in [1.29, 1.82) is 0 Å². The van der Waals surface area contributed by atoms with Crippen molar-refractivity contribution in [2.45, 2.75) is 57.9 Å². The molecular formula is C14H26N4O2. The van der Waals surface area contributed by atoms with Crippen LogP contribution >= 0.6 is 0 Å². The van der Waals surface area contributed by atoms with Crippen LogP contribution in [0.5, 0.6) is 0 Å². The lowest BCUT2D eigenvalue weighted by molar-refractivity contribution is -0.147. The van der Waals surface area contributed by atoms with Crippen LogP contribution < -0.4 is 5.32 Å². The first kappa shape index (κ1) is 16.8. The van der Waals surface area contributed by atoms with E-state index in [9.17, 15) is 9.90 Å². The first-order valence-electron chi connectivity index (χ1n) is 7.49. The fourth-order valence-electron chi connectivity index (χ4n) is 3.21. The zero-order valence-corrected chi connectivity index (χ0v) is 12.5. The number of aliphatic carboxylic acids is 1. The summed E-state index contributed by atoms with van der Waals surface area (Å²) in [6.45, 7) is 5.36. The lowest BCUT2D eigenvalue weighted by Gasteiger charge is -2.39. The van der Waals surface area contributed by atoms with Crippen LogP contribution in [0.4, 0.5) is 0 Å². The van der Waals surface area contributed by atoms with E-state index < -0.39 is 11.5 Å². The Morgan fingerprint density at radius 2 is 2.35 bits per heavy atom. The van der Waals surface area contributed by atoms with Gasteiger partial charge in [0.05, 0.1) is 0 Å². The molecule has 0 aromatic heterocycles. The minimum absolute atomic E-state index is 0.411. The lowest BCUT2D eigenvalue weighted by atomic mass is 9.73. The van der Waals surface area contributed by atoms with Gasteiger partial charge in [0.15, 0.2) is 0 Å².